The lowest BCUT2D eigenvalue weighted by Crippen LogP contribution is -2.38. The largest absolute Gasteiger partial charge is 0.507 e. The van der Waals surface area contributed by atoms with Crippen LogP contribution in [0.5, 0.6) is 11.5 Å². The Labute approximate surface area is 199 Å². The number of Topliss-reactive ketones (excluding diaryl/α,β-unsaturated/α-hetero) is 1. The van der Waals surface area contributed by atoms with Crippen LogP contribution in [0, 0.1) is 5.82 Å². The van der Waals surface area contributed by atoms with Gasteiger partial charge in [-0.2, -0.15) is 0 Å². The average molecular weight is 471 g/mol. The molecule has 1 amide bonds. The summed E-state index contributed by atoms with van der Waals surface area (Å²) in [6, 6.07) is 10.2. The summed E-state index contributed by atoms with van der Waals surface area (Å²) in [5, 5.41) is 11.1. The molecule has 1 unspecified atom stereocenters. The molecule has 1 N–H and O–H groups in total. The molecule has 7 nitrogen and oxygen atoms in total. The van der Waals surface area contributed by atoms with Crippen LogP contribution in [0.25, 0.3) is 5.76 Å². The Bertz CT molecular complexity index is 1060. The highest BCUT2D eigenvalue weighted by Gasteiger charge is 2.46. The van der Waals surface area contributed by atoms with Crippen molar-refractivity contribution in [2.45, 2.75) is 26.8 Å². The van der Waals surface area contributed by atoms with Gasteiger partial charge in [-0.15, -0.1) is 0 Å². The zero-order chi connectivity index (χ0) is 24.8. The molecular formula is C26H31FN2O5. The summed E-state index contributed by atoms with van der Waals surface area (Å²) in [4.78, 5) is 29.8. The third kappa shape index (κ3) is 5.07. The summed E-state index contributed by atoms with van der Waals surface area (Å²) < 4.78 is 24.8. The molecule has 0 aliphatic carbocycles. The molecule has 0 radical (unpaired) electrons. The van der Waals surface area contributed by atoms with Crippen molar-refractivity contribution < 1.29 is 28.6 Å². The van der Waals surface area contributed by atoms with Crippen molar-refractivity contribution >= 4 is 17.4 Å². The highest BCUT2D eigenvalue weighted by Crippen LogP contribution is 2.40. The first-order valence-corrected chi connectivity index (χ1v) is 11.4. The third-order valence-corrected chi connectivity index (χ3v) is 6.02. The molecule has 0 saturated carbocycles. The average Bonchev–Trinajstić information content (AvgIpc) is 3.10. The highest BCUT2D eigenvalue weighted by molar-refractivity contribution is 6.46. The molecule has 2 aromatic carbocycles. The van der Waals surface area contributed by atoms with E-state index in [9.17, 15) is 19.1 Å². The van der Waals surface area contributed by atoms with Crippen molar-refractivity contribution in [1.29, 1.82) is 0 Å². The number of aliphatic hydroxyl groups excluding tert-OH is 1. The molecule has 1 aliphatic rings. The second kappa shape index (κ2) is 11.2. The Kier molecular flexibility index (Phi) is 8.28. The Morgan fingerprint density at radius 1 is 1.09 bits per heavy atom. The van der Waals surface area contributed by atoms with Crippen LogP contribution in [0.3, 0.4) is 0 Å². The number of halogens is 1. The summed E-state index contributed by atoms with van der Waals surface area (Å²) in [6.45, 7) is 8.93. The monoisotopic (exact) mass is 470 g/mol. The van der Waals surface area contributed by atoms with Gasteiger partial charge < -0.3 is 24.4 Å². The third-order valence-electron chi connectivity index (χ3n) is 6.02. The SMILES string of the molecule is CCOc1ccc(C2/C(=C(/O)c3ccc(OC)c(F)c3)C(=O)C(=O)N2CCN(CC)CC)cc1. The minimum Gasteiger partial charge on any atom is -0.507 e. The number of aliphatic hydroxyl groups is 1. The van der Waals surface area contributed by atoms with Gasteiger partial charge in [0.15, 0.2) is 11.6 Å². The van der Waals surface area contributed by atoms with Gasteiger partial charge in [-0.3, -0.25) is 9.59 Å². The van der Waals surface area contributed by atoms with Gasteiger partial charge in [-0.25, -0.2) is 4.39 Å². The predicted molar refractivity (Wildman–Crippen MR) is 127 cm³/mol. The zero-order valence-corrected chi connectivity index (χ0v) is 20.0. The van der Waals surface area contributed by atoms with Crippen molar-refractivity contribution in [2.75, 3.05) is 39.9 Å². The number of hydrogen-bond acceptors (Lipinski definition) is 6. The number of carbonyl (C=O) groups is 2. The van der Waals surface area contributed by atoms with E-state index in [-0.39, 0.29) is 16.9 Å². The number of ketones is 1. The summed E-state index contributed by atoms with van der Waals surface area (Å²) >= 11 is 0. The first-order valence-electron chi connectivity index (χ1n) is 11.4. The zero-order valence-electron chi connectivity index (χ0n) is 20.0. The molecule has 1 atom stereocenters. The van der Waals surface area contributed by atoms with E-state index in [0.717, 1.165) is 19.2 Å². The Morgan fingerprint density at radius 3 is 2.32 bits per heavy atom. The maximum absolute atomic E-state index is 14.3. The molecule has 0 aromatic heterocycles. The van der Waals surface area contributed by atoms with E-state index >= 15 is 0 Å². The van der Waals surface area contributed by atoms with Gasteiger partial charge in [0.05, 0.1) is 25.3 Å². The molecule has 3 rings (SSSR count). The molecule has 0 spiro atoms. The standard InChI is InChI=1S/C26H31FN2O5/c1-5-28(6-2)14-15-29-23(17-8-11-19(12-9-17)34-7-3)22(25(31)26(29)32)24(30)18-10-13-21(33-4)20(27)16-18/h8-13,16,23,30H,5-7,14-15H2,1-4H3/b24-22-. The van der Waals surface area contributed by atoms with Crippen LogP contribution in [-0.4, -0.2) is 66.5 Å². The van der Waals surface area contributed by atoms with Crippen LogP contribution in [0.15, 0.2) is 48.0 Å². The van der Waals surface area contributed by atoms with Crippen molar-refractivity contribution in [3.05, 3.63) is 65.0 Å². The van der Waals surface area contributed by atoms with E-state index in [1.54, 1.807) is 24.3 Å². The minimum absolute atomic E-state index is 0.0132. The van der Waals surface area contributed by atoms with E-state index in [1.165, 1.54) is 24.1 Å². The fourth-order valence-electron chi connectivity index (χ4n) is 4.13. The molecule has 0 bridgehead atoms. The topological polar surface area (TPSA) is 79.3 Å². The number of amides is 1. The predicted octanol–water partition coefficient (Wildman–Crippen LogP) is 4.00. The quantitative estimate of drug-likeness (QED) is 0.321. The van der Waals surface area contributed by atoms with E-state index < -0.39 is 29.3 Å². The summed E-state index contributed by atoms with van der Waals surface area (Å²) in [5.74, 6) is -1.93. The molecule has 8 heteroatoms. The molecule has 1 heterocycles. The van der Waals surface area contributed by atoms with Crippen LogP contribution in [-0.2, 0) is 9.59 Å². The molecule has 1 fully saturated rings. The maximum Gasteiger partial charge on any atom is 0.295 e. The van der Waals surface area contributed by atoms with Crippen molar-refractivity contribution in [3.63, 3.8) is 0 Å². The fraction of sp³-hybridized carbons (Fsp3) is 0.385. The fourth-order valence-corrected chi connectivity index (χ4v) is 4.13. The lowest BCUT2D eigenvalue weighted by atomic mass is 9.95. The molecule has 1 aliphatic heterocycles. The van der Waals surface area contributed by atoms with Gasteiger partial charge in [-0.1, -0.05) is 26.0 Å². The van der Waals surface area contributed by atoms with Crippen molar-refractivity contribution in [3.8, 4) is 11.5 Å². The Balaban J connectivity index is 2.09. The van der Waals surface area contributed by atoms with Gasteiger partial charge in [0, 0.05) is 18.7 Å². The minimum atomic E-state index is -0.809. The van der Waals surface area contributed by atoms with Gasteiger partial charge in [0.1, 0.15) is 11.5 Å². The molecule has 2 aromatic rings. The number of methoxy groups -OCH3 is 1. The lowest BCUT2D eigenvalue weighted by molar-refractivity contribution is -0.140. The van der Waals surface area contributed by atoms with E-state index in [0.29, 0.717) is 31.0 Å². The highest BCUT2D eigenvalue weighted by atomic mass is 19.1. The number of carbonyl (C=O) groups excluding carboxylic acids is 2. The number of nitrogens with zero attached hydrogens (tertiary/aromatic N) is 2. The normalized spacial score (nSPS) is 17.5. The maximum atomic E-state index is 14.3. The van der Waals surface area contributed by atoms with Crippen LogP contribution in [0.4, 0.5) is 4.39 Å². The number of rotatable bonds is 10. The summed E-state index contributed by atoms with van der Waals surface area (Å²) in [5.41, 5.74) is 0.673. The van der Waals surface area contributed by atoms with E-state index in [1.807, 2.05) is 20.8 Å². The van der Waals surface area contributed by atoms with Gasteiger partial charge in [0.2, 0.25) is 0 Å². The van der Waals surface area contributed by atoms with Crippen LogP contribution < -0.4 is 9.47 Å². The van der Waals surface area contributed by atoms with Gasteiger partial charge in [0.25, 0.3) is 11.7 Å². The second-order valence-electron chi connectivity index (χ2n) is 7.87. The van der Waals surface area contributed by atoms with E-state index in [4.69, 9.17) is 9.47 Å². The van der Waals surface area contributed by atoms with Crippen LogP contribution in [0.1, 0.15) is 37.9 Å². The van der Waals surface area contributed by atoms with Gasteiger partial charge >= 0.3 is 0 Å². The second-order valence-corrected chi connectivity index (χ2v) is 7.87. The number of likely N-dealkylation sites (N-methyl/N-ethyl adjacent to an activating group) is 1. The van der Waals surface area contributed by atoms with E-state index in [2.05, 4.69) is 4.90 Å². The van der Waals surface area contributed by atoms with Crippen LogP contribution in [0.2, 0.25) is 0 Å². The number of hydrogen-bond donors (Lipinski definition) is 1. The smallest absolute Gasteiger partial charge is 0.295 e. The Morgan fingerprint density at radius 2 is 1.76 bits per heavy atom. The summed E-state index contributed by atoms with van der Waals surface area (Å²) in [7, 11) is 1.34. The first kappa shape index (κ1) is 25.2. The molecule has 1 saturated heterocycles. The number of likely N-dealkylation sites (tertiary alicyclic amines) is 1. The van der Waals surface area contributed by atoms with Gasteiger partial charge in [-0.05, 0) is 55.9 Å². The molecular weight excluding hydrogens is 439 g/mol. The van der Waals surface area contributed by atoms with Crippen molar-refractivity contribution in [1.82, 2.24) is 9.80 Å². The van der Waals surface area contributed by atoms with Crippen molar-refractivity contribution in [2.24, 2.45) is 0 Å². The van der Waals surface area contributed by atoms with Crippen LogP contribution >= 0.6 is 0 Å². The Hall–Kier alpha value is -3.39. The molecule has 34 heavy (non-hydrogen) atoms. The number of ether oxygens (including phenoxy) is 2. The lowest BCUT2D eigenvalue weighted by Gasteiger charge is -2.28. The molecule has 182 valence electrons. The number of benzene rings is 2. The summed E-state index contributed by atoms with van der Waals surface area (Å²) in [6.07, 6.45) is 0. The first-order chi connectivity index (χ1) is 16.4.